The molecule has 40 heavy (non-hydrogen) atoms. The van der Waals surface area contributed by atoms with E-state index < -0.39 is 17.7 Å². The van der Waals surface area contributed by atoms with Crippen molar-refractivity contribution >= 4 is 17.4 Å². The Balaban J connectivity index is 1.73. The van der Waals surface area contributed by atoms with Crippen molar-refractivity contribution in [3.05, 3.63) is 100 Å². The lowest BCUT2D eigenvalue weighted by Gasteiger charge is -2.26. The molecular weight excluding hydrogens is 509 g/mol. The van der Waals surface area contributed by atoms with Gasteiger partial charge >= 0.3 is 0 Å². The summed E-state index contributed by atoms with van der Waals surface area (Å²) in [5.74, 6) is -0.309. The molecule has 4 rings (SSSR count). The summed E-state index contributed by atoms with van der Waals surface area (Å²) < 4.78 is 25.0. The van der Waals surface area contributed by atoms with Gasteiger partial charge in [0.25, 0.3) is 11.7 Å². The largest absolute Gasteiger partial charge is 0.507 e. The summed E-state index contributed by atoms with van der Waals surface area (Å²) >= 11 is 0. The van der Waals surface area contributed by atoms with Crippen molar-refractivity contribution in [2.45, 2.75) is 53.2 Å². The van der Waals surface area contributed by atoms with Crippen LogP contribution in [-0.2, 0) is 16.0 Å². The maximum Gasteiger partial charge on any atom is 0.295 e. The molecule has 1 saturated heterocycles. The van der Waals surface area contributed by atoms with Gasteiger partial charge in [0.15, 0.2) is 0 Å². The van der Waals surface area contributed by atoms with E-state index in [-0.39, 0.29) is 29.8 Å². The highest BCUT2D eigenvalue weighted by Crippen LogP contribution is 2.40. The van der Waals surface area contributed by atoms with Gasteiger partial charge in [0.05, 0.1) is 24.3 Å². The van der Waals surface area contributed by atoms with Gasteiger partial charge in [-0.25, -0.2) is 4.39 Å². The SMILES string of the molecule is Cc1cc(/C(O)=C2/C(=O)C(=O)N(CCc3ccc(F)cc3)C2c2ccc(OC(C)C)cc2)ccc1OCC(C)C. The van der Waals surface area contributed by atoms with Crippen LogP contribution in [0.25, 0.3) is 5.76 Å². The number of ether oxygens (including phenoxy) is 2. The van der Waals surface area contributed by atoms with Crippen LogP contribution in [0.4, 0.5) is 4.39 Å². The van der Waals surface area contributed by atoms with Crippen molar-refractivity contribution < 1.29 is 28.6 Å². The topological polar surface area (TPSA) is 76.1 Å². The molecule has 1 atom stereocenters. The van der Waals surface area contributed by atoms with Crippen LogP contribution in [0, 0.1) is 18.7 Å². The van der Waals surface area contributed by atoms with Crippen molar-refractivity contribution in [2.24, 2.45) is 5.92 Å². The minimum absolute atomic E-state index is 0.0112. The van der Waals surface area contributed by atoms with Gasteiger partial charge in [-0.3, -0.25) is 9.59 Å². The number of Topliss-reactive ketones (excluding diaryl/α,β-unsaturated/α-hetero) is 1. The number of nitrogens with zero attached hydrogens (tertiary/aromatic N) is 1. The minimum atomic E-state index is -0.800. The minimum Gasteiger partial charge on any atom is -0.507 e. The number of carbonyl (C=O) groups is 2. The highest BCUT2D eigenvalue weighted by Gasteiger charge is 2.45. The quantitative estimate of drug-likeness (QED) is 0.176. The summed E-state index contributed by atoms with van der Waals surface area (Å²) in [5, 5.41) is 11.5. The van der Waals surface area contributed by atoms with E-state index in [1.807, 2.05) is 20.8 Å². The molecule has 0 radical (unpaired) electrons. The molecule has 1 amide bonds. The predicted octanol–water partition coefficient (Wildman–Crippen LogP) is 6.62. The molecule has 1 fully saturated rings. The van der Waals surface area contributed by atoms with E-state index in [1.165, 1.54) is 17.0 Å². The third kappa shape index (κ3) is 6.53. The summed E-state index contributed by atoms with van der Waals surface area (Å²) in [7, 11) is 0. The number of benzene rings is 3. The molecule has 1 heterocycles. The lowest BCUT2D eigenvalue weighted by atomic mass is 9.94. The number of rotatable bonds is 10. The van der Waals surface area contributed by atoms with Crippen LogP contribution in [0.5, 0.6) is 11.5 Å². The van der Waals surface area contributed by atoms with E-state index in [2.05, 4.69) is 13.8 Å². The van der Waals surface area contributed by atoms with E-state index in [4.69, 9.17) is 9.47 Å². The fraction of sp³-hybridized carbons (Fsp3) is 0.333. The van der Waals surface area contributed by atoms with E-state index in [9.17, 15) is 19.1 Å². The lowest BCUT2D eigenvalue weighted by molar-refractivity contribution is -0.139. The smallest absolute Gasteiger partial charge is 0.295 e. The van der Waals surface area contributed by atoms with Crippen LogP contribution in [0.15, 0.2) is 72.3 Å². The van der Waals surface area contributed by atoms with Crippen LogP contribution >= 0.6 is 0 Å². The molecular formula is C33H36FNO5. The first kappa shape index (κ1) is 28.9. The average Bonchev–Trinajstić information content (AvgIpc) is 3.16. The van der Waals surface area contributed by atoms with Gasteiger partial charge in [-0.05, 0) is 92.3 Å². The first-order chi connectivity index (χ1) is 19.0. The van der Waals surface area contributed by atoms with E-state index >= 15 is 0 Å². The Hall–Kier alpha value is -4.13. The fourth-order valence-electron chi connectivity index (χ4n) is 4.73. The molecule has 0 saturated carbocycles. The third-order valence-corrected chi connectivity index (χ3v) is 6.68. The number of amides is 1. The van der Waals surface area contributed by atoms with Crippen molar-refractivity contribution in [2.75, 3.05) is 13.2 Å². The molecule has 1 aliphatic heterocycles. The average molecular weight is 546 g/mol. The molecule has 6 nitrogen and oxygen atoms in total. The second kappa shape index (κ2) is 12.4. The van der Waals surface area contributed by atoms with Gasteiger partial charge in [0.2, 0.25) is 0 Å². The number of likely N-dealkylation sites (tertiary alicyclic amines) is 1. The molecule has 0 bridgehead atoms. The zero-order chi connectivity index (χ0) is 29.0. The van der Waals surface area contributed by atoms with Gasteiger partial charge < -0.3 is 19.5 Å². The predicted molar refractivity (Wildman–Crippen MR) is 153 cm³/mol. The van der Waals surface area contributed by atoms with Crippen LogP contribution in [0.3, 0.4) is 0 Å². The van der Waals surface area contributed by atoms with Crippen molar-refractivity contribution in [1.82, 2.24) is 4.90 Å². The van der Waals surface area contributed by atoms with Gasteiger partial charge in [0, 0.05) is 12.1 Å². The standard InChI is InChI=1S/C33H36FNO5/c1-20(2)19-39-28-15-10-25(18-22(28)5)31(36)29-30(24-8-13-27(14-9-24)40-21(3)4)35(33(38)32(29)37)17-16-23-6-11-26(34)12-7-23/h6-15,18,20-21,30,36H,16-17,19H2,1-5H3/b31-29-. The summed E-state index contributed by atoms with van der Waals surface area (Å²) in [6.07, 6.45) is 0.405. The Morgan fingerprint density at radius 2 is 1.65 bits per heavy atom. The second-order valence-electron chi connectivity index (χ2n) is 10.8. The molecule has 3 aromatic rings. The summed E-state index contributed by atoms with van der Waals surface area (Å²) in [6.45, 7) is 10.6. The number of ketones is 1. The number of hydrogen-bond donors (Lipinski definition) is 1. The highest BCUT2D eigenvalue weighted by molar-refractivity contribution is 6.46. The van der Waals surface area contributed by atoms with Crippen molar-refractivity contribution in [3.8, 4) is 11.5 Å². The number of aliphatic hydroxyl groups excluding tert-OH is 1. The molecule has 1 aliphatic rings. The molecule has 0 spiro atoms. The van der Waals surface area contributed by atoms with Crippen LogP contribution in [-0.4, -0.2) is 41.0 Å². The van der Waals surface area contributed by atoms with Gasteiger partial charge in [-0.2, -0.15) is 0 Å². The van der Waals surface area contributed by atoms with Crippen LogP contribution in [0.1, 0.15) is 56.0 Å². The van der Waals surface area contributed by atoms with E-state index in [1.54, 1.807) is 54.6 Å². The highest BCUT2D eigenvalue weighted by atomic mass is 19.1. The number of carbonyl (C=O) groups excluding carboxylic acids is 2. The number of halogens is 1. The summed E-state index contributed by atoms with van der Waals surface area (Å²) in [4.78, 5) is 28.2. The Morgan fingerprint density at radius 3 is 2.25 bits per heavy atom. The summed E-state index contributed by atoms with van der Waals surface area (Å²) in [5.41, 5.74) is 2.76. The molecule has 0 aliphatic carbocycles. The lowest BCUT2D eigenvalue weighted by Crippen LogP contribution is -2.31. The first-order valence-electron chi connectivity index (χ1n) is 13.6. The van der Waals surface area contributed by atoms with E-state index in [0.717, 1.165) is 11.1 Å². The third-order valence-electron chi connectivity index (χ3n) is 6.68. The second-order valence-corrected chi connectivity index (χ2v) is 10.8. The Labute approximate surface area is 235 Å². The zero-order valence-electron chi connectivity index (χ0n) is 23.6. The Morgan fingerprint density at radius 1 is 0.975 bits per heavy atom. The molecule has 1 N–H and O–H groups in total. The zero-order valence-corrected chi connectivity index (χ0v) is 23.6. The number of aliphatic hydroxyl groups is 1. The maximum atomic E-state index is 13.4. The number of hydrogen-bond acceptors (Lipinski definition) is 5. The van der Waals surface area contributed by atoms with Gasteiger partial charge in [0.1, 0.15) is 23.1 Å². The monoisotopic (exact) mass is 545 g/mol. The van der Waals surface area contributed by atoms with Gasteiger partial charge in [-0.1, -0.05) is 38.1 Å². The van der Waals surface area contributed by atoms with Crippen LogP contribution < -0.4 is 9.47 Å². The molecule has 3 aromatic carbocycles. The molecule has 1 unspecified atom stereocenters. The van der Waals surface area contributed by atoms with Crippen LogP contribution in [0.2, 0.25) is 0 Å². The van der Waals surface area contributed by atoms with E-state index in [0.29, 0.717) is 41.6 Å². The maximum absolute atomic E-state index is 13.4. The molecule has 7 heteroatoms. The summed E-state index contributed by atoms with van der Waals surface area (Å²) in [6, 6.07) is 17.7. The van der Waals surface area contributed by atoms with Gasteiger partial charge in [-0.15, -0.1) is 0 Å². The Bertz CT molecular complexity index is 1390. The normalized spacial score (nSPS) is 16.7. The van der Waals surface area contributed by atoms with Crippen molar-refractivity contribution in [3.63, 3.8) is 0 Å². The Kier molecular flexibility index (Phi) is 8.93. The first-order valence-corrected chi connectivity index (χ1v) is 13.6. The molecule has 0 aromatic heterocycles. The van der Waals surface area contributed by atoms with Crippen molar-refractivity contribution in [1.29, 1.82) is 0 Å². The number of aryl methyl sites for hydroxylation is 1. The molecule has 210 valence electrons. The fourth-order valence-corrected chi connectivity index (χ4v) is 4.73.